The van der Waals surface area contributed by atoms with Crippen molar-refractivity contribution in [3.05, 3.63) is 29.2 Å². The molecule has 1 aliphatic rings. The lowest BCUT2D eigenvalue weighted by atomic mass is 9.92. The van der Waals surface area contributed by atoms with Gasteiger partial charge in [0.1, 0.15) is 5.82 Å². The van der Waals surface area contributed by atoms with E-state index in [9.17, 15) is 13.2 Å². The number of aromatic nitrogens is 4. The van der Waals surface area contributed by atoms with Crippen LogP contribution in [0.2, 0.25) is 0 Å². The maximum absolute atomic E-state index is 12.5. The second-order valence-corrected chi connectivity index (χ2v) is 11.1. The lowest BCUT2D eigenvalue weighted by molar-refractivity contribution is -0.117. The molecule has 10 heteroatoms. The van der Waals surface area contributed by atoms with E-state index < -0.39 is 9.84 Å². The monoisotopic (exact) mass is 422 g/mol. The number of likely N-dealkylation sites (N-methyl/N-ethyl adjacent to an activating group) is 1. The minimum atomic E-state index is -3.03. The molecule has 1 saturated heterocycles. The number of carbonyl (C=O) groups is 1. The third-order valence-corrected chi connectivity index (χ3v) is 6.68. The maximum Gasteiger partial charge on any atom is 0.239 e. The van der Waals surface area contributed by atoms with E-state index in [0.29, 0.717) is 18.8 Å². The minimum Gasteiger partial charge on any atom is -0.310 e. The Morgan fingerprint density at radius 1 is 1.38 bits per heavy atom. The van der Waals surface area contributed by atoms with Gasteiger partial charge in [0.15, 0.2) is 9.84 Å². The van der Waals surface area contributed by atoms with Crippen LogP contribution in [0.15, 0.2) is 12.1 Å². The summed E-state index contributed by atoms with van der Waals surface area (Å²) in [4.78, 5) is 14.4. The first kappa shape index (κ1) is 21.5. The number of hydrogen-bond donors (Lipinski definition) is 2. The van der Waals surface area contributed by atoms with Crippen molar-refractivity contribution < 1.29 is 13.2 Å². The van der Waals surface area contributed by atoms with Gasteiger partial charge in [0.05, 0.1) is 35.5 Å². The summed E-state index contributed by atoms with van der Waals surface area (Å²) in [6, 6.07) is 3.56. The van der Waals surface area contributed by atoms with Crippen molar-refractivity contribution in [3.8, 4) is 0 Å². The highest BCUT2D eigenvalue weighted by Crippen LogP contribution is 2.27. The normalized spacial score (nSPS) is 19.0. The second-order valence-electron chi connectivity index (χ2n) is 8.92. The molecule has 1 unspecified atom stereocenters. The van der Waals surface area contributed by atoms with Crippen molar-refractivity contribution in [1.82, 2.24) is 24.9 Å². The van der Waals surface area contributed by atoms with Crippen LogP contribution in [0.3, 0.4) is 0 Å². The summed E-state index contributed by atoms with van der Waals surface area (Å²) >= 11 is 0. The maximum atomic E-state index is 12.5. The van der Waals surface area contributed by atoms with Crippen LogP contribution in [-0.2, 0) is 26.6 Å². The van der Waals surface area contributed by atoms with Gasteiger partial charge < -0.3 is 5.32 Å². The summed E-state index contributed by atoms with van der Waals surface area (Å²) in [6.07, 6.45) is 0.516. The number of nitrogens with zero attached hydrogens (tertiary/aromatic N) is 4. The van der Waals surface area contributed by atoms with E-state index >= 15 is 0 Å². The molecule has 3 heterocycles. The average molecular weight is 423 g/mol. The van der Waals surface area contributed by atoms with Gasteiger partial charge in [-0.2, -0.15) is 10.2 Å². The Kier molecular flexibility index (Phi) is 5.86. The zero-order chi connectivity index (χ0) is 21.4. The van der Waals surface area contributed by atoms with Crippen molar-refractivity contribution in [2.75, 3.05) is 30.4 Å². The summed E-state index contributed by atoms with van der Waals surface area (Å²) < 4.78 is 25.2. The summed E-state index contributed by atoms with van der Waals surface area (Å²) in [5.41, 5.74) is 2.64. The predicted octanol–water partition coefficient (Wildman–Crippen LogP) is 1.64. The van der Waals surface area contributed by atoms with Crippen LogP contribution in [0.4, 0.5) is 5.82 Å². The number of hydrogen-bond acceptors (Lipinski definition) is 6. The summed E-state index contributed by atoms with van der Waals surface area (Å²) in [7, 11) is -1.17. The molecule has 3 rings (SSSR count). The zero-order valence-corrected chi connectivity index (χ0v) is 18.5. The molecule has 2 N–H and O–H groups in total. The van der Waals surface area contributed by atoms with Crippen LogP contribution in [0.1, 0.15) is 50.3 Å². The molecular formula is C19H30N6O3S. The van der Waals surface area contributed by atoms with Crippen LogP contribution in [0, 0.1) is 6.92 Å². The molecule has 1 amide bonds. The quantitative estimate of drug-likeness (QED) is 0.732. The fourth-order valence-corrected chi connectivity index (χ4v) is 5.15. The largest absolute Gasteiger partial charge is 0.310 e. The van der Waals surface area contributed by atoms with Crippen LogP contribution in [0.25, 0.3) is 0 Å². The Morgan fingerprint density at radius 2 is 2.10 bits per heavy atom. The van der Waals surface area contributed by atoms with Gasteiger partial charge in [0.25, 0.3) is 0 Å². The first-order valence-electron chi connectivity index (χ1n) is 9.73. The van der Waals surface area contributed by atoms with E-state index in [1.165, 1.54) is 0 Å². The SMILES string of the molecule is Cc1cc(NC(=O)CN(C)Cc2cc(C(C)(C)C)n[nH]2)n(C2CCS(=O)(=O)C2)n1. The van der Waals surface area contributed by atoms with Gasteiger partial charge in [-0.1, -0.05) is 20.8 Å². The molecule has 2 aromatic heterocycles. The molecule has 0 saturated carbocycles. The molecule has 29 heavy (non-hydrogen) atoms. The molecule has 0 aromatic carbocycles. The van der Waals surface area contributed by atoms with E-state index in [4.69, 9.17) is 0 Å². The molecule has 1 fully saturated rings. The summed E-state index contributed by atoms with van der Waals surface area (Å²) in [5.74, 6) is 0.588. The highest BCUT2D eigenvalue weighted by atomic mass is 32.2. The number of nitrogens with one attached hydrogen (secondary N) is 2. The molecule has 160 valence electrons. The smallest absolute Gasteiger partial charge is 0.239 e. The number of amides is 1. The average Bonchev–Trinajstić information content (AvgIpc) is 3.25. The standard InChI is InChI=1S/C19H30N6O3S/c1-13-8-17(25(23-13)15-6-7-29(27,28)12-15)20-18(26)11-24(5)10-14-9-16(22-21-14)19(2,3)4/h8-9,15H,6-7,10-12H2,1-5H3,(H,20,26)(H,21,22). The van der Waals surface area contributed by atoms with E-state index in [1.807, 2.05) is 24.9 Å². The second kappa shape index (κ2) is 7.91. The summed E-state index contributed by atoms with van der Waals surface area (Å²) in [6.45, 7) is 8.89. The Hall–Kier alpha value is -2.20. The van der Waals surface area contributed by atoms with E-state index in [1.54, 1.807) is 10.7 Å². The van der Waals surface area contributed by atoms with Crippen molar-refractivity contribution in [2.45, 2.75) is 52.1 Å². The number of carbonyl (C=O) groups excluding carboxylic acids is 1. The number of rotatable bonds is 6. The van der Waals surface area contributed by atoms with Crippen LogP contribution in [0.5, 0.6) is 0 Å². The van der Waals surface area contributed by atoms with E-state index in [-0.39, 0.29) is 35.4 Å². The number of H-pyrrole nitrogens is 1. The fourth-order valence-electron chi connectivity index (χ4n) is 3.46. The van der Waals surface area contributed by atoms with Gasteiger partial charge in [-0.3, -0.25) is 14.8 Å². The lowest BCUT2D eigenvalue weighted by Gasteiger charge is -2.17. The van der Waals surface area contributed by atoms with Crippen molar-refractivity contribution in [3.63, 3.8) is 0 Å². The van der Waals surface area contributed by atoms with E-state index in [2.05, 4.69) is 41.4 Å². The van der Waals surface area contributed by atoms with Gasteiger partial charge in [-0.15, -0.1) is 0 Å². The predicted molar refractivity (Wildman–Crippen MR) is 112 cm³/mol. The number of aromatic amines is 1. The molecular weight excluding hydrogens is 392 g/mol. The van der Waals surface area contributed by atoms with E-state index in [0.717, 1.165) is 17.1 Å². The van der Waals surface area contributed by atoms with Gasteiger partial charge in [-0.05, 0) is 26.5 Å². The Balaban J connectivity index is 1.60. The topological polar surface area (TPSA) is 113 Å². The zero-order valence-electron chi connectivity index (χ0n) is 17.7. The molecule has 1 atom stereocenters. The summed E-state index contributed by atoms with van der Waals surface area (Å²) in [5, 5.41) is 14.6. The highest BCUT2D eigenvalue weighted by molar-refractivity contribution is 7.91. The Labute approximate surface area is 171 Å². The van der Waals surface area contributed by atoms with Gasteiger partial charge in [0.2, 0.25) is 5.91 Å². The van der Waals surface area contributed by atoms with Gasteiger partial charge >= 0.3 is 0 Å². The molecule has 0 bridgehead atoms. The van der Waals surface area contributed by atoms with Crippen molar-refractivity contribution in [2.24, 2.45) is 0 Å². The first-order valence-corrected chi connectivity index (χ1v) is 11.5. The Morgan fingerprint density at radius 3 is 2.69 bits per heavy atom. The van der Waals surface area contributed by atoms with Crippen molar-refractivity contribution >= 4 is 21.6 Å². The number of aryl methyl sites for hydroxylation is 1. The highest BCUT2D eigenvalue weighted by Gasteiger charge is 2.31. The van der Waals surface area contributed by atoms with Gasteiger partial charge in [0, 0.05) is 23.7 Å². The molecule has 0 aliphatic carbocycles. The van der Waals surface area contributed by atoms with Crippen LogP contribution >= 0.6 is 0 Å². The fraction of sp³-hybridized carbons (Fsp3) is 0.632. The van der Waals surface area contributed by atoms with Crippen LogP contribution in [-0.4, -0.2) is 64.3 Å². The first-order chi connectivity index (χ1) is 13.4. The Bertz CT molecular complexity index is 986. The third-order valence-electron chi connectivity index (χ3n) is 4.93. The van der Waals surface area contributed by atoms with Crippen LogP contribution < -0.4 is 5.32 Å². The molecule has 9 nitrogen and oxygen atoms in total. The lowest BCUT2D eigenvalue weighted by Crippen LogP contribution is -2.31. The van der Waals surface area contributed by atoms with Gasteiger partial charge in [-0.25, -0.2) is 13.1 Å². The molecule has 0 spiro atoms. The minimum absolute atomic E-state index is 0.0331. The third kappa shape index (κ3) is 5.45. The molecule has 2 aromatic rings. The molecule has 0 radical (unpaired) electrons. The number of sulfone groups is 1. The molecule has 1 aliphatic heterocycles. The number of anilines is 1. The van der Waals surface area contributed by atoms with Crippen molar-refractivity contribution in [1.29, 1.82) is 0 Å².